The largest absolute Gasteiger partial charge is 0.507 e. The number of aliphatic imine (C=N–C) groups is 1. The van der Waals surface area contributed by atoms with Crippen LogP contribution >= 0.6 is 11.8 Å². The molecule has 0 aliphatic carbocycles. The second-order valence-electron chi connectivity index (χ2n) is 5.84. The molecule has 0 unspecified atom stereocenters. The molecule has 2 N–H and O–H groups in total. The number of carbonyl (C=O) groups excluding carboxylic acids is 1. The molecule has 8 heteroatoms. The van der Waals surface area contributed by atoms with E-state index in [9.17, 15) is 15.0 Å². The Kier molecular flexibility index (Phi) is 6.13. The van der Waals surface area contributed by atoms with Crippen molar-refractivity contribution in [3.63, 3.8) is 0 Å². The van der Waals surface area contributed by atoms with Crippen molar-refractivity contribution in [2.45, 2.75) is 0 Å². The molecule has 0 amide bonds. The van der Waals surface area contributed by atoms with Gasteiger partial charge in [0.25, 0.3) is 0 Å². The van der Waals surface area contributed by atoms with Gasteiger partial charge in [-0.2, -0.15) is 0 Å². The summed E-state index contributed by atoms with van der Waals surface area (Å²) >= 11 is 1.10. The fourth-order valence-electron chi connectivity index (χ4n) is 2.65. The minimum Gasteiger partial charge on any atom is -0.507 e. The van der Waals surface area contributed by atoms with Crippen molar-refractivity contribution < 1.29 is 29.2 Å². The molecule has 1 aliphatic rings. The van der Waals surface area contributed by atoms with Crippen LogP contribution in [0.5, 0.6) is 17.2 Å². The molecule has 150 valence electrons. The summed E-state index contributed by atoms with van der Waals surface area (Å²) in [6, 6.07) is 11.7. The van der Waals surface area contributed by atoms with Gasteiger partial charge >= 0.3 is 5.97 Å². The molecule has 1 heterocycles. The minimum atomic E-state index is -0.713. The molecular weight excluding hydrogens is 394 g/mol. The molecule has 0 fully saturated rings. The number of phenols is 1. The Hall–Kier alpha value is -3.39. The maximum Gasteiger partial charge on any atom is 0.344 e. The number of ether oxygens (including phenoxy) is 3. The Labute approximate surface area is 171 Å². The lowest BCUT2D eigenvalue weighted by Gasteiger charge is -2.08. The van der Waals surface area contributed by atoms with E-state index < -0.39 is 5.97 Å². The second-order valence-corrected chi connectivity index (χ2v) is 6.87. The molecule has 0 atom stereocenters. The number of rotatable bonds is 5. The average molecular weight is 413 g/mol. The van der Waals surface area contributed by atoms with Crippen molar-refractivity contribution in [2.24, 2.45) is 4.99 Å². The molecule has 2 aromatic carbocycles. The lowest BCUT2D eigenvalue weighted by molar-refractivity contribution is -0.135. The molecule has 2 aromatic rings. The topological polar surface area (TPSA) is 97.6 Å². The number of esters is 1. The minimum absolute atomic E-state index is 0.0473. The van der Waals surface area contributed by atoms with E-state index >= 15 is 0 Å². The van der Waals surface area contributed by atoms with Gasteiger partial charge in [0.2, 0.25) is 0 Å². The highest BCUT2D eigenvalue weighted by Crippen LogP contribution is 2.41. The van der Waals surface area contributed by atoms with E-state index in [1.165, 1.54) is 27.4 Å². The quantitative estimate of drug-likeness (QED) is 0.709. The van der Waals surface area contributed by atoms with Crippen LogP contribution in [-0.4, -0.2) is 42.6 Å². The molecule has 3 rings (SSSR count). The van der Waals surface area contributed by atoms with Gasteiger partial charge in [0.05, 0.1) is 31.9 Å². The van der Waals surface area contributed by atoms with E-state index in [1.54, 1.807) is 42.5 Å². The van der Waals surface area contributed by atoms with Gasteiger partial charge in [0, 0.05) is 11.6 Å². The van der Waals surface area contributed by atoms with E-state index in [0.29, 0.717) is 27.7 Å². The van der Waals surface area contributed by atoms with E-state index in [-0.39, 0.29) is 22.1 Å². The second kappa shape index (κ2) is 8.74. The Bertz CT molecular complexity index is 1040. The molecule has 0 radical (unpaired) electrons. The van der Waals surface area contributed by atoms with E-state index in [4.69, 9.17) is 14.2 Å². The maximum absolute atomic E-state index is 12.3. The van der Waals surface area contributed by atoms with Crippen LogP contribution in [0.3, 0.4) is 0 Å². The van der Waals surface area contributed by atoms with Gasteiger partial charge in [-0.1, -0.05) is 30.0 Å². The first-order valence-electron chi connectivity index (χ1n) is 8.49. The zero-order valence-electron chi connectivity index (χ0n) is 16.0. The van der Waals surface area contributed by atoms with E-state index in [2.05, 4.69) is 4.99 Å². The highest BCUT2D eigenvalue weighted by molar-refractivity contribution is 8.18. The molecule has 0 saturated heterocycles. The van der Waals surface area contributed by atoms with Crippen LogP contribution in [0.4, 0.5) is 5.69 Å². The Balaban J connectivity index is 2.06. The van der Waals surface area contributed by atoms with Crippen LogP contribution in [0.15, 0.2) is 63.7 Å². The SMILES string of the molecule is COC(=O)C1=C(O)/C(=C\c2ccccc2O)SC1=Nc1ccc(OC)c(OC)c1. The molecule has 29 heavy (non-hydrogen) atoms. The fourth-order valence-corrected chi connectivity index (χ4v) is 3.68. The summed E-state index contributed by atoms with van der Waals surface area (Å²) in [6.07, 6.45) is 1.58. The first kappa shape index (κ1) is 20.3. The summed E-state index contributed by atoms with van der Waals surface area (Å²) in [6.45, 7) is 0. The molecular formula is C21H19NO6S. The fraction of sp³-hybridized carbons (Fsp3) is 0.143. The van der Waals surface area contributed by atoms with Gasteiger partial charge in [-0.15, -0.1) is 0 Å². The van der Waals surface area contributed by atoms with Crippen molar-refractivity contribution >= 4 is 34.5 Å². The van der Waals surface area contributed by atoms with Crippen LogP contribution in [0.25, 0.3) is 6.08 Å². The van der Waals surface area contributed by atoms with Crippen LogP contribution in [-0.2, 0) is 9.53 Å². The van der Waals surface area contributed by atoms with Crippen LogP contribution < -0.4 is 9.47 Å². The molecule has 0 bridgehead atoms. The number of methoxy groups -OCH3 is 3. The molecule has 0 saturated carbocycles. The zero-order chi connectivity index (χ0) is 21.0. The predicted octanol–water partition coefficient (Wildman–Crippen LogP) is 4.21. The van der Waals surface area contributed by atoms with Gasteiger partial charge in [-0.3, -0.25) is 0 Å². The van der Waals surface area contributed by atoms with Gasteiger partial charge in [0.15, 0.2) is 11.5 Å². The highest BCUT2D eigenvalue weighted by Gasteiger charge is 2.33. The first-order chi connectivity index (χ1) is 14.0. The summed E-state index contributed by atoms with van der Waals surface area (Å²) in [5.74, 6) is 0.106. The third kappa shape index (κ3) is 4.22. The summed E-state index contributed by atoms with van der Waals surface area (Å²) in [5.41, 5.74) is 0.954. The van der Waals surface area contributed by atoms with Gasteiger partial charge in [-0.05, 0) is 24.3 Å². The number of thioether (sulfide) groups is 1. The Morgan fingerprint density at radius 2 is 1.76 bits per heavy atom. The van der Waals surface area contributed by atoms with Gasteiger partial charge in [-0.25, -0.2) is 9.79 Å². The highest BCUT2D eigenvalue weighted by atomic mass is 32.2. The smallest absolute Gasteiger partial charge is 0.344 e. The zero-order valence-corrected chi connectivity index (χ0v) is 16.8. The Morgan fingerprint density at radius 1 is 1.03 bits per heavy atom. The van der Waals surface area contributed by atoms with E-state index in [0.717, 1.165) is 11.8 Å². The lowest BCUT2D eigenvalue weighted by atomic mass is 10.1. The number of hydrogen-bond acceptors (Lipinski definition) is 8. The van der Waals surface area contributed by atoms with Crippen molar-refractivity contribution in [1.29, 1.82) is 0 Å². The van der Waals surface area contributed by atoms with Crippen LogP contribution in [0.1, 0.15) is 5.56 Å². The number of hydrogen-bond donors (Lipinski definition) is 2. The van der Waals surface area contributed by atoms with Crippen LogP contribution in [0.2, 0.25) is 0 Å². The number of para-hydroxylation sites is 1. The standard InChI is InChI=1S/C21H19NO6S/c1-26-15-9-8-13(11-16(15)27-2)22-20-18(21(25)28-3)19(24)17(29-20)10-12-6-4-5-7-14(12)23/h4-11,23-24H,1-3H3/b17-10+,22-20?. The van der Waals surface area contributed by atoms with Gasteiger partial charge in [0.1, 0.15) is 22.1 Å². The summed E-state index contributed by atoms with van der Waals surface area (Å²) < 4.78 is 15.3. The summed E-state index contributed by atoms with van der Waals surface area (Å²) in [7, 11) is 4.27. The summed E-state index contributed by atoms with van der Waals surface area (Å²) in [5, 5.41) is 20.9. The predicted molar refractivity (Wildman–Crippen MR) is 112 cm³/mol. The van der Waals surface area contributed by atoms with Crippen molar-refractivity contribution in [2.75, 3.05) is 21.3 Å². The molecule has 0 spiro atoms. The number of aromatic hydroxyl groups is 1. The number of nitrogens with zero attached hydrogens (tertiary/aromatic N) is 1. The number of aliphatic hydroxyl groups excluding tert-OH is 1. The molecule has 7 nitrogen and oxygen atoms in total. The number of phenolic OH excluding ortho intramolecular Hbond substituents is 1. The summed E-state index contributed by atoms with van der Waals surface area (Å²) in [4.78, 5) is 17.1. The first-order valence-corrected chi connectivity index (χ1v) is 9.30. The molecule has 1 aliphatic heterocycles. The lowest BCUT2D eigenvalue weighted by Crippen LogP contribution is -2.10. The number of aliphatic hydroxyl groups is 1. The Morgan fingerprint density at radius 3 is 2.41 bits per heavy atom. The number of carbonyl (C=O) groups is 1. The van der Waals surface area contributed by atoms with Crippen molar-refractivity contribution in [3.05, 3.63) is 64.3 Å². The van der Waals surface area contributed by atoms with Gasteiger partial charge < -0.3 is 24.4 Å². The van der Waals surface area contributed by atoms with Crippen LogP contribution in [0, 0.1) is 0 Å². The van der Waals surface area contributed by atoms with E-state index in [1.807, 2.05) is 0 Å². The molecule has 0 aromatic heterocycles. The third-order valence-corrected chi connectivity index (χ3v) is 5.12. The maximum atomic E-state index is 12.3. The van der Waals surface area contributed by atoms with Crippen molar-refractivity contribution in [3.8, 4) is 17.2 Å². The average Bonchev–Trinajstić information content (AvgIpc) is 3.03. The monoisotopic (exact) mass is 413 g/mol. The van der Waals surface area contributed by atoms with Crippen molar-refractivity contribution in [1.82, 2.24) is 0 Å². The normalized spacial score (nSPS) is 16.4. The third-order valence-electron chi connectivity index (χ3n) is 4.10. The number of benzene rings is 2.